The molecule has 7 nitrogen and oxygen atoms in total. The van der Waals surface area contributed by atoms with Gasteiger partial charge in [-0.1, -0.05) is 11.6 Å². The van der Waals surface area contributed by atoms with Crippen molar-refractivity contribution >= 4 is 43.1 Å². The molecule has 2 N–H and O–H groups in total. The lowest BCUT2D eigenvalue weighted by molar-refractivity contribution is 0.0915. The first-order valence-electron chi connectivity index (χ1n) is 6.69. The van der Waals surface area contributed by atoms with Gasteiger partial charge < -0.3 is 5.32 Å². The summed E-state index contributed by atoms with van der Waals surface area (Å²) in [5, 5.41) is 2.85. The van der Waals surface area contributed by atoms with Crippen LogP contribution in [-0.4, -0.2) is 46.0 Å². The number of benzene rings is 1. The van der Waals surface area contributed by atoms with Crippen LogP contribution >= 0.6 is 11.6 Å². The van der Waals surface area contributed by atoms with Gasteiger partial charge in [-0.25, -0.2) is 16.8 Å². The van der Waals surface area contributed by atoms with Crippen molar-refractivity contribution in [2.75, 3.05) is 22.5 Å². The molecule has 1 aromatic carbocycles. The normalized spacial score (nSPS) is 23.4. The highest BCUT2D eigenvalue weighted by atomic mass is 35.5. The lowest BCUT2D eigenvalue weighted by Gasteiger charge is -2.24. The largest absolute Gasteiger partial charge is 0.346 e. The van der Waals surface area contributed by atoms with E-state index in [0.29, 0.717) is 6.42 Å². The maximum absolute atomic E-state index is 12.3. The van der Waals surface area contributed by atoms with Crippen molar-refractivity contribution in [2.45, 2.75) is 18.9 Å². The molecule has 1 aliphatic rings. The van der Waals surface area contributed by atoms with Crippen LogP contribution in [0.15, 0.2) is 18.2 Å². The average molecular weight is 381 g/mol. The third-order valence-electron chi connectivity index (χ3n) is 3.44. The molecule has 1 heterocycles. The smallest absolute Gasteiger partial charge is 0.251 e. The fourth-order valence-electron chi connectivity index (χ4n) is 2.40. The number of carbonyl (C=O) groups is 1. The Morgan fingerprint density at radius 3 is 2.52 bits per heavy atom. The predicted octanol–water partition coefficient (Wildman–Crippen LogP) is 1.02. The van der Waals surface area contributed by atoms with Gasteiger partial charge in [0.25, 0.3) is 5.91 Å². The molecule has 1 saturated heterocycles. The van der Waals surface area contributed by atoms with Gasteiger partial charge >= 0.3 is 0 Å². The van der Waals surface area contributed by atoms with Crippen LogP contribution in [0.2, 0.25) is 5.02 Å². The minimum absolute atomic E-state index is 0.0330. The van der Waals surface area contributed by atoms with Crippen molar-refractivity contribution in [3.63, 3.8) is 0 Å². The predicted molar refractivity (Wildman–Crippen MR) is 89.1 cm³/mol. The van der Waals surface area contributed by atoms with Crippen LogP contribution in [0.4, 0.5) is 5.69 Å². The van der Waals surface area contributed by atoms with Gasteiger partial charge in [-0.05, 0) is 31.5 Å². The number of halogens is 1. The molecule has 128 valence electrons. The van der Waals surface area contributed by atoms with Crippen LogP contribution in [0, 0.1) is 0 Å². The number of hydrogen-bond donors (Lipinski definition) is 2. The molecule has 0 bridgehead atoms. The number of carbonyl (C=O) groups excluding carboxylic acids is 1. The Morgan fingerprint density at radius 2 is 2.00 bits per heavy atom. The summed E-state index contributed by atoms with van der Waals surface area (Å²) in [5.74, 6) is -0.572. The van der Waals surface area contributed by atoms with Gasteiger partial charge in [0.15, 0.2) is 9.84 Å². The van der Waals surface area contributed by atoms with Gasteiger partial charge in [0, 0.05) is 5.56 Å². The number of hydrogen-bond acceptors (Lipinski definition) is 5. The van der Waals surface area contributed by atoms with Crippen molar-refractivity contribution in [3.8, 4) is 0 Å². The summed E-state index contributed by atoms with van der Waals surface area (Å²) in [4.78, 5) is 12.3. The van der Waals surface area contributed by atoms with E-state index in [0.717, 1.165) is 6.26 Å². The molecule has 1 amide bonds. The van der Waals surface area contributed by atoms with Crippen LogP contribution in [0.25, 0.3) is 0 Å². The molecular formula is C13H17ClN2O5S2. The third kappa shape index (κ3) is 4.82. The van der Waals surface area contributed by atoms with E-state index in [1.807, 2.05) is 0 Å². The Kier molecular flexibility index (Phi) is 4.67. The molecule has 23 heavy (non-hydrogen) atoms. The molecule has 0 aliphatic carbocycles. The highest BCUT2D eigenvalue weighted by molar-refractivity contribution is 7.92. The standard InChI is InChI=1S/C13H17ClN2O5S2/c1-13(5-6-23(20,21)8-13)15-12(17)9-3-4-10(14)11(7-9)16-22(2,18)19/h3-4,7,16H,5-6,8H2,1-2H3,(H,15,17). The highest BCUT2D eigenvalue weighted by Gasteiger charge is 2.39. The van der Waals surface area contributed by atoms with Gasteiger partial charge in [-0.15, -0.1) is 0 Å². The number of anilines is 1. The zero-order chi connectivity index (χ0) is 17.5. The summed E-state index contributed by atoms with van der Waals surface area (Å²) in [6.45, 7) is 1.67. The average Bonchev–Trinajstić information content (AvgIpc) is 2.64. The van der Waals surface area contributed by atoms with Crippen molar-refractivity contribution in [1.29, 1.82) is 0 Å². The molecule has 1 unspecified atom stereocenters. The molecule has 10 heteroatoms. The summed E-state index contributed by atoms with van der Waals surface area (Å²) in [6, 6.07) is 4.15. The zero-order valence-corrected chi connectivity index (χ0v) is 15.0. The van der Waals surface area contributed by atoms with Crippen LogP contribution in [0.5, 0.6) is 0 Å². The Bertz CT molecular complexity index is 851. The lowest BCUT2D eigenvalue weighted by Crippen LogP contribution is -2.46. The monoisotopic (exact) mass is 380 g/mol. The Balaban J connectivity index is 2.22. The summed E-state index contributed by atoms with van der Waals surface area (Å²) >= 11 is 5.90. The molecule has 0 aromatic heterocycles. The molecule has 2 rings (SSSR count). The Morgan fingerprint density at radius 1 is 1.35 bits per heavy atom. The number of amides is 1. The first-order valence-corrected chi connectivity index (χ1v) is 10.8. The van der Waals surface area contributed by atoms with E-state index < -0.39 is 31.3 Å². The highest BCUT2D eigenvalue weighted by Crippen LogP contribution is 2.26. The number of sulfonamides is 1. The van der Waals surface area contributed by atoms with Gasteiger partial charge in [0.1, 0.15) is 0 Å². The third-order valence-corrected chi connectivity index (χ3v) is 6.27. The second-order valence-electron chi connectivity index (χ2n) is 5.93. The summed E-state index contributed by atoms with van der Waals surface area (Å²) in [6.07, 6.45) is 1.31. The van der Waals surface area contributed by atoms with E-state index in [1.54, 1.807) is 6.92 Å². The maximum atomic E-state index is 12.3. The quantitative estimate of drug-likeness (QED) is 0.810. The van der Waals surface area contributed by atoms with E-state index in [-0.39, 0.29) is 27.8 Å². The Labute approximate surface area is 140 Å². The minimum Gasteiger partial charge on any atom is -0.346 e. The van der Waals surface area contributed by atoms with Crippen LogP contribution in [0.1, 0.15) is 23.7 Å². The number of rotatable bonds is 4. The van der Waals surface area contributed by atoms with E-state index in [2.05, 4.69) is 10.0 Å². The SMILES string of the molecule is CC1(NC(=O)c2ccc(Cl)c(NS(C)(=O)=O)c2)CCS(=O)(=O)C1. The second-order valence-corrected chi connectivity index (χ2v) is 10.3. The first kappa shape index (κ1) is 18.0. The summed E-state index contributed by atoms with van der Waals surface area (Å²) in [5.41, 5.74) is -0.558. The first-order chi connectivity index (χ1) is 10.4. The molecule has 1 aliphatic heterocycles. The molecule has 1 aromatic rings. The molecule has 1 atom stereocenters. The number of sulfone groups is 1. The van der Waals surface area contributed by atoms with Crippen LogP contribution in [0.3, 0.4) is 0 Å². The van der Waals surface area contributed by atoms with E-state index in [4.69, 9.17) is 11.6 Å². The fraction of sp³-hybridized carbons (Fsp3) is 0.462. The summed E-state index contributed by atoms with van der Waals surface area (Å²) in [7, 11) is -6.69. The molecule has 1 fully saturated rings. The number of nitrogens with one attached hydrogen (secondary N) is 2. The van der Waals surface area contributed by atoms with Gasteiger partial charge in [-0.2, -0.15) is 0 Å². The van der Waals surface area contributed by atoms with E-state index in [1.165, 1.54) is 18.2 Å². The van der Waals surface area contributed by atoms with Gasteiger partial charge in [-0.3, -0.25) is 9.52 Å². The zero-order valence-electron chi connectivity index (χ0n) is 12.6. The van der Waals surface area contributed by atoms with Crippen molar-refractivity contribution in [3.05, 3.63) is 28.8 Å². The van der Waals surface area contributed by atoms with Crippen molar-refractivity contribution in [2.24, 2.45) is 0 Å². The van der Waals surface area contributed by atoms with E-state index in [9.17, 15) is 21.6 Å². The lowest BCUT2D eigenvalue weighted by atomic mass is 10.0. The second kappa shape index (κ2) is 5.95. The summed E-state index contributed by atoms with van der Waals surface area (Å²) < 4.78 is 48.0. The molecular weight excluding hydrogens is 364 g/mol. The van der Waals surface area contributed by atoms with E-state index >= 15 is 0 Å². The van der Waals surface area contributed by atoms with Crippen molar-refractivity contribution in [1.82, 2.24) is 5.32 Å². The maximum Gasteiger partial charge on any atom is 0.251 e. The minimum atomic E-state index is -3.54. The molecule has 0 saturated carbocycles. The topological polar surface area (TPSA) is 109 Å². The van der Waals surface area contributed by atoms with Crippen molar-refractivity contribution < 1.29 is 21.6 Å². The fourth-order valence-corrected chi connectivity index (χ4v) is 5.28. The molecule has 0 spiro atoms. The Hall–Kier alpha value is -1.32. The van der Waals surface area contributed by atoms with Gasteiger partial charge in [0.05, 0.1) is 34.0 Å². The van der Waals surface area contributed by atoms with Crippen LogP contribution in [-0.2, 0) is 19.9 Å². The molecule has 0 radical (unpaired) electrons. The van der Waals surface area contributed by atoms with Crippen LogP contribution < -0.4 is 10.0 Å². The van der Waals surface area contributed by atoms with Gasteiger partial charge in [0.2, 0.25) is 10.0 Å².